The Bertz CT molecular complexity index is 321. The number of ether oxygens (including phenoxy) is 2. The Morgan fingerprint density at radius 1 is 0.688 bits per heavy atom. The number of hydrogen-bond donors (Lipinski definition) is 0. The van der Waals surface area contributed by atoms with E-state index in [2.05, 4.69) is 26.3 Å². The molecular formula is C14H18O2. The lowest BCUT2D eigenvalue weighted by Gasteiger charge is -2.01. The summed E-state index contributed by atoms with van der Waals surface area (Å²) in [7, 11) is 3.12. The van der Waals surface area contributed by atoms with Crippen LogP contribution in [0.5, 0.6) is 0 Å². The molecule has 0 saturated heterocycles. The van der Waals surface area contributed by atoms with Crippen molar-refractivity contribution in [2.75, 3.05) is 14.2 Å². The van der Waals surface area contributed by atoms with Gasteiger partial charge in [-0.25, -0.2) is 0 Å². The zero-order chi connectivity index (χ0) is 12.6. The van der Waals surface area contributed by atoms with Gasteiger partial charge in [-0.15, -0.1) is 0 Å². The predicted molar refractivity (Wildman–Crippen MR) is 68.9 cm³/mol. The zero-order valence-electron chi connectivity index (χ0n) is 9.95. The highest BCUT2D eigenvalue weighted by molar-refractivity contribution is 5.44. The molecule has 0 aliphatic heterocycles. The van der Waals surface area contributed by atoms with Crippen LogP contribution in [0.2, 0.25) is 0 Å². The highest BCUT2D eigenvalue weighted by Gasteiger charge is 1.93. The highest BCUT2D eigenvalue weighted by atomic mass is 16.5. The highest BCUT2D eigenvalue weighted by Crippen LogP contribution is 2.11. The molecule has 0 saturated carbocycles. The summed E-state index contributed by atoms with van der Waals surface area (Å²) in [5.74, 6) is 1.14. The monoisotopic (exact) mass is 218 g/mol. The SMILES string of the molecule is C=C(/C=C\C(=C)C(=C)/C=C\C(=C)OC)OC. The fraction of sp³-hybridized carbons (Fsp3) is 0.143. The van der Waals surface area contributed by atoms with Gasteiger partial charge < -0.3 is 9.47 Å². The van der Waals surface area contributed by atoms with E-state index in [9.17, 15) is 0 Å². The molecule has 0 aromatic rings. The van der Waals surface area contributed by atoms with Gasteiger partial charge in [0.25, 0.3) is 0 Å². The smallest absolute Gasteiger partial charge is 0.111 e. The second kappa shape index (κ2) is 7.35. The third kappa shape index (κ3) is 5.70. The van der Waals surface area contributed by atoms with Gasteiger partial charge in [0.1, 0.15) is 11.5 Å². The van der Waals surface area contributed by atoms with Crippen LogP contribution in [-0.2, 0) is 9.47 Å². The second-order valence-corrected chi connectivity index (χ2v) is 3.06. The fourth-order valence-electron chi connectivity index (χ4n) is 0.737. The molecule has 0 unspecified atom stereocenters. The topological polar surface area (TPSA) is 18.5 Å². The van der Waals surface area contributed by atoms with E-state index in [1.54, 1.807) is 38.5 Å². The summed E-state index contributed by atoms with van der Waals surface area (Å²) in [4.78, 5) is 0. The van der Waals surface area contributed by atoms with Crippen LogP contribution in [0.25, 0.3) is 0 Å². The molecule has 0 radical (unpaired) electrons. The first-order valence-corrected chi connectivity index (χ1v) is 4.71. The van der Waals surface area contributed by atoms with Crippen molar-refractivity contribution < 1.29 is 9.47 Å². The number of rotatable bonds is 7. The Balaban J connectivity index is 4.36. The van der Waals surface area contributed by atoms with Crippen molar-refractivity contribution in [1.29, 1.82) is 0 Å². The number of hydrogen-bond acceptors (Lipinski definition) is 2. The van der Waals surface area contributed by atoms with Gasteiger partial charge in [-0.2, -0.15) is 0 Å². The summed E-state index contributed by atoms with van der Waals surface area (Å²) in [5.41, 5.74) is 1.55. The van der Waals surface area contributed by atoms with Crippen molar-refractivity contribution in [2.45, 2.75) is 0 Å². The van der Waals surface area contributed by atoms with Crippen LogP contribution < -0.4 is 0 Å². The minimum Gasteiger partial charge on any atom is -0.497 e. The third-order valence-electron chi connectivity index (χ3n) is 1.88. The van der Waals surface area contributed by atoms with E-state index >= 15 is 0 Å². The molecular weight excluding hydrogens is 200 g/mol. The molecule has 0 spiro atoms. The maximum atomic E-state index is 4.89. The molecule has 0 aromatic heterocycles. The zero-order valence-corrected chi connectivity index (χ0v) is 9.95. The summed E-state index contributed by atoms with van der Waals surface area (Å²) in [6, 6.07) is 0. The van der Waals surface area contributed by atoms with E-state index in [0.717, 1.165) is 11.1 Å². The summed E-state index contributed by atoms with van der Waals surface area (Å²) in [6.07, 6.45) is 7.03. The minimum atomic E-state index is 0.569. The molecule has 0 amide bonds. The van der Waals surface area contributed by atoms with Crippen molar-refractivity contribution >= 4 is 0 Å². The predicted octanol–water partition coefficient (Wildman–Crippen LogP) is 3.53. The van der Waals surface area contributed by atoms with Crippen LogP contribution in [0.15, 0.2) is 73.3 Å². The van der Waals surface area contributed by atoms with Gasteiger partial charge in [0, 0.05) is 0 Å². The van der Waals surface area contributed by atoms with Gasteiger partial charge in [0.15, 0.2) is 0 Å². The van der Waals surface area contributed by atoms with Crippen LogP contribution in [0.3, 0.4) is 0 Å². The van der Waals surface area contributed by atoms with Crippen molar-refractivity contribution in [2.24, 2.45) is 0 Å². The van der Waals surface area contributed by atoms with Crippen molar-refractivity contribution in [3.05, 3.63) is 73.3 Å². The van der Waals surface area contributed by atoms with Crippen LogP contribution in [0.1, 0.15) is 0 Å². The summed E-state index contributed by atoms with van der Waals surface area (Å²) < 4.78 is 9.78. The average molecular weight is 218 g/mol. The van der Waals surface area contributed by atoms with E-state index in [0.29, 0.717) is 11.5 Å². The quantitative estimate of drug-likeness (QED) is 0.480. The Kier molecular flexibility index (Phi) is 6.45. The Hall–Kier alpha value is -1.96. The summed E-state index contributed by atoms with van der Waals surface area (Å²) >= 11 is 0. The van der Waals surface area contributed by atoms with Gasteiger partial charge in [-0.3, -0.25) is 0 Å². The average Bonchev–Trinajstić information content (AvgIpc) is 2.31. The molecule has 0 aromatic carbocycles. The molecule has 86 valence electrons. The normalized spacial score (nSPS) is 10.4. The number of allylic oxidation sites excluding steroid dienone is 6. The molecule has 2 nitrogen and oxygen atoms in total. The van der Waals surface area contributed by atoms with Crippen molar-refractivity contribution in [1.82, 2.24) is 0 Å². The Morgan fingerprint density at radius 3 is 1.25 bits per heavy atom. The molecule has 0 aliphatic rings. The summed E-state index contributed by atoms with van der Waals surface area (Å²) in [6.45, 7) is 15.0. The van der Waals surface area contributed by atoms with Gasteiger partial charge >= 0.3 is 0 Å². The lowest BCUT2D eigenvalue weighted by Crippen LogP contribution is -1.83. The van der Waals surface area contributed by atoms with Crippen LogP contribution in [0.4, 0.5) is 0 Å². The van der Waals surface area contributed by atoms with Crippen LogP contribution in [-0.4, -0.2) is 14.2 Å². The van der Waals surface area contributed by atoms with Crippen molar-refractivity contribution in [3.63, 3.8) is 0 Å². The fourth-order valence-corrected chi connectivity index (χ4v) is 0.737. The number of methoxy groups -OCH3 is 2. The maximum Gasteiger partial charge on any atom is 0.111 e. The lowest BCUT2D eigenvalue weighted by atomic mass is 10.1. The first-order valence-electron chi connectivity index (χ1n) is 4.71. The largest absolute Gasteiger partial charge is 0.497 e. The van der Waals surface area contributed by atoms with Gasteiger partial charge in [-0.05, 0) is 23.3 Å². The molecule has 0 N–H and O–H groups in total. The van der Waals surface area contributed by atoms with Crippen molar-refractivity contribution in [3.8, 4) is 0 Å². The van der Waals surface area contributed by atoms with E-state index in [1.807, 2.05) is 0 Å². The van der Waals surface area contributed by atoms with Crippen LogP contribution in [0, 0.1) is 0 Å². The maximum absolute atomic E-state index is 4.89. The molecule has 0 rings (SSSR count). The first kappa shape index (κ1) is 14.0. The standard InChI is InChI=1S/C14H18O2/c1-11(7-9-13(3)15-5)12(2)8-10-14(4)16-6/h7-10H,1-4H2,5-6H3/b9-7-,10-8-. The molecule has 16 heavy (non-hydrogen) atoms. The van der Waals surface area contributed by atoms with E-state index < -0.39 is 0 Å². The van der Waals surface area contributed by atoms with Gasteiger partial charge in [-0.1, -0.05) is 38.5 Å². The van der Waals surface area contributed by atoms with E-state index in [4.69, 9.17) is 9.47 Å². The first-order chi connectivity index (χ1) is 7.51. The Labute approximate surface area is 97.6 Å². The molecule has 0 bridgehead atoms. The Morgan fingerprint density at radius 2 is 1.00 bits per heavy atom. The van der Waals surface area contributed by atoms with Gasteiger partial charge in [0.2, 0.25) is 0 Å². The molecule has 0 heterocycles. The second-order valence-electron chi connectivity index (χ2n) is 3.06. The lowest BCUT2D eigenvalue weighted by molar-refractivity contribution is 0.308. The third-order valence-corrected chi connectivity index (χ3v) is 1.88. The van der Waals surface area contributed by atoms with E-state index in [1.165, 1.54) is 0 Å². The molecule has 0 aliphatic carbocycles. The van der Waals surface area contributed by atoms with Gasteiger partial charge in [0.05, 0.1) is 14.2 Å². The minimum absolute atomic E-state index is 0.569. The molecule has 0 fully saturated rings. The molecule has 2 heteroatoms. The van der Waals surface area contributed by atoms with E-state index in [-0.39, 0.29) is 0 Å². The summed E-state index contributed by atoms with van der Waals surface area (Å²) in [5, 5.41) is 0. The molecule has 0 atom stereocenters. The van der Waals surface area contributed by atoms with Crippen LogP contribution >= 0.6 is 0 Å².